The van der Waals surface area contributed by atoms with Crippen LogP contribution in [0.25, 0.3) is 0 Å². The third kappa shape index (κ3) is 4.92. The van der Waals surface area contributed by atoms with Gasteiger partial charge in [-0.3, -0.25) is 4.90 Å². The molecule has 118 valence electrons. The maximum absolute atomic E-state index is 12.9. The second-order valence-corrected chi connectivity index (χ2v) is 6.24. The summed E-state index contributed by atoms with van der Waals surface area (Å²) < 4.78 is 38.6. The smallest absolute Gasteiger partial charge is 0.313 e. The molecule has 2 fully saturated rings. The molecule has 0 bridgehead atoms. The Hall–Kier alpha value is -0.290. The monoisotopic (exact) mass is 292 g/mol. The van der Waals surface area contributed by atoms with E-state index in [-0.39, 0.29) is 18.1 Å². The average molecular weight is 292 g/mol. The fourth-order valence-electron chi connectivity index (χ4n) is 3.49. The fourth-order valence-corrected chi connectivity index (χ4v) is 3.49. The van der Waals surface area contributed by atoms with Gasteiger partial charge in [-0.05, 0) is 32.2 Å². The van der Waals surface area contributed by atoms with Crippen LogP contribution in [0.5, 0.6) is 0 Å². The lowest BCUT2D eigenvalue weighted by atomic mass is 9.90. The number of hydrogen-bond donors (Lipinski definition) is 1. The Morgan fingerprint density at radius 3 is 2.20 bits per heavy atom. The van der Waals surface area contributed by atoms with Crippen LogP contribution < -0.4 is 5.32 Å². The second-order valence-electron chi connectivity index (χ2n) is 6.24. The van der Waals surface area contributed by atoms with Crippen LogP contribution in [0.15, 0.2) is 0 Å². The molecule has 2 aliphatic rings. The number of nitrogens with zero attached hydrogens (tertiary/aromatic N) is 1. The number of halogens is 3. The summed E-state index contributed by atoms with van der Waals surface area (Å²) in [5.74, 6) is 0. The zero-order chi connectivity index (χ0) is 14.6. The van der Waals surface area contributed by atoms with Gasteiger partial charge in [0.15, 0.2) is 0 Å². The van der Waals surface area contributed by atoms with Crippen LogP contribution in [0.3, 0.4) is 0 Å². The highest BCUT2D eigenvalue weighted by Crippen LogP contribution is 2.35. The molecule has 0 saturated heterocycles. The summed E-state index contributed by atoms with van der Waals surface area (Å²) >= 11 is 0. The van der Waals surface area contributed by atoms with Crippen molar-refractivity contribution in [3.05, 3.63) is 0 Å². The molecule has 2 saturated carbocycles. The Kier molecular flexibility index (Phi) is 5.73. The molecular formula is C15H27F3N2. The lowest BCUT2D eigenvalue weighted by Crippen LogP contribution is -2.53. The van der Waals surface area contributed by atoms with Crippen LogP contribution in [-0.2, 0) is 0 Å². The van der Waals surface area contributed by atoms with Crippen molar-refractivity contribution in [2.45, 2.75) is 82.6 Å². The topological polar surface area (TPSA) is 15.3 Å². The predicted octanol–water partition coefficient (Wildman–Crippen LogP) is 3.71. The highest BCUT2D eigenvalue weighted by Gasteiger charge is 2.43. The summed E-state index contributed by atoms with van der Waals surface area (Å²) in [4.78, 5) is 1.76. The molecule has 2 unspecified atom stereocenters. The molecule has 0 radical (unpaired) electrons. The quantitative estimate of drug-likeness (QED) is 0.831. The molecular weight excluding hydrogens is 265 g/mol. The first-order chi connectivity index (χ1) is 9.51. The number of hydrogen-bond acceptors (Lipinski definition) is 2. The predicted molar refractivity (Wildman–Crippen MR) is 74.7 cm³/mol. The van der Waals surface area contributed by atoms with E-state index < -0.39 is 12.7 Å². The maximum Gasteiger partial charge on any atom is 0.401 e. The molecule has 20 heavy (non-hydrogen) atoms. The SMILES string of the molecule is CCNC1CCCCCCC1N(CC(F)(F)F)C1CC1. The van der Waals surface area contributed by atoms with Crippen molar-refractivity contribution in [2.24, 2.45) is 0 Å². The zero-order valence-corrected chi connectivity index (χ0v) is 12.4. The molecule has 1 N–H and O–H groups in total. The lowest BCUT2D eigenvalue weighted by Gasteiger charge is -2.39. The molecule has 2 aliphatic carbocycles. The Morgan fingerprint density at radius 2 is 1.65 bits per heavy atom. The van der Waals surface area contributed by atoms with E-state index >= 15 is 0 Å². The standard InChI is InChI=1S/C15H27F3N2/c1-2-19-13-7-5-3-4-6-8-14(13)20(12-9-10-12)11-15(16,17)18/h12-14,19H,2-11H2,1H3. The second kappa shape index (κ2) is 7.12. The largest absolute Gasteiger partial charge is 0.401 e. The van der Waals surface area contributed by atoms with E-state index in [9.17, 15) is 13.2 Å². The van der Waals surface area contributed by atoms with Crippen molar-refractivity contribution in [3.63, 3.8) is 0 Å². The molecule has 5 heteroatoms. The highest BCUT2D eigenvalue weighted by molar-refractivity contribution is 4.95. The van der Waals surface area contributed by atoms with Gasteiger partial charge in [-0.1, -0.05) is 32.6 Å². The molecule has 0 aromatic carbocycles. The van der Waals surface area contributed by atoms with Gasteiger partial charge in [-0.25, -0.2) is 0 Å². The molecule has 2 rings (SSSR count). The average Bonchev–Trinajstić information content (AvgIpc) is 3.13. The maximum atomic E-state index is 12.9. The first kappa shape index (κ1) is 16.1. The summed E-state index contributed by atoms with van der Waals surface area (Å²) in [7, 11) is 0. The minimum Gasteiger partial charge on any atom is -0.313 e. The van der Waals surface area contributed by atoms with Gasteiger partial charge in [0, 0.05) is 18.1 Å². The van der Waals surface area contributed by atoms with E-state index in [4.69, 9.17) is 0 Å². The number of likely N-dealkylation sites (N-methyl/N-ethyl adjacent to an activating group) is 1. The first-order valence-corrected chi connectivity index (χ1v) is 8.07. The highest BCUT2D eigenvalue weighted by atomic mass is 19.4. The van der Waals surface area contributed by atoms with Crippen LogP contribution in [-0.4, -0.2) is 42.3 Å². The van der Waals surface area contributed by atoms with Gasteiger partial charge in [0.1, 0.15) is 0 Å². The summed E-state index contributed by atoms with van der Waals surface area (Å²) in [5, 5.41) is 3.44. The number of rotatable bonds is 5. The van der Waals surface area contributed by atoms with E-state index in [0.717, 1.165) is 45.1 Å². The van der Waals surface area contributed by atoms with Crippen LogP contribution >= 0.6 is 0 Å². The van der Waals surface area contributed by atoms with Crippen LogP contribution in [0.4, 0.5) is 13.2 Å². The Labute approximate surface area is 120 Å². The minimum atomic E-state index is -4.08. The third-order valence-electron chi connectivity index (χ3n) is 4.50. The van der Waals surface area contributed by atoms with E-state index in [2.05, 4.69) is 5.32 Å². The molecule has 0 aromatic heterocycles. The van der Waals surface area contributed by atoms with Crippen molar-refractivity contribution >= 4 is 0 Å². The van der Waals surface area contributed by atoms with E-state index in [1.165, 1.54) is 12.8 Å². The molecule has 2 nitrogen and oxygen atoms in total. The Bertz CT molecular complexity index is 289. The summed E-state index contributed by atoms with van der Waals surface area (Å²) in [6.45, 7) is 2.15. The van der Waals surface area contributed by atoms with Crippen LogP contribution in [0.2, 0.25) is 0 Å². The normalized spacial score (nSPS) is 29.2. The van der Waals surface area contributed by atoms with Gasteiger partial charge in [0.2, 0.25) is 0 Å². The molecule has 0 aliphatic heterocycles. The third-order valence-corrected chi connectivity index (χ3v) is 4.50. The summed E-state index contributed by atoms with van der Waals surface area (Å²) in [6.07, 6.45) is 4.30. The molecule has 0 heterocycles. The van der Waals surface area contributed by atoms with Crippen molar-refractivity contribution < 1.29 is 13.2 Å². The van der Waals surface area contributed by atoms with Gasteiger partial charge >= 0.3 is 6.18 Å². The van der Waals surface area contributed by atoms with E-state index in [0.29, 0.717) is 0 Å². The fraction of sp³-hybridized carbons (Fsp3) is 1.00. The molecule has 0 spiro atoms. The number of alkyl halides is 3. The lowest BCUT2D eigenvalue weighted by molar-refractivity contribution is -0.154. The van der Waals surface area contributed by atoms with Gasteiger partial charge in [0.25, 0.3) is 0 Å². The van der Waals surface area contributed by atoms with Crippen molar-refractivity contribution in [1.82, 2.24) is 10.2 Å². The van der Waals surface area contributed by atoms with Crippen molar-refractivity contribution in [1.29, 1.82) is 0 Å². The van der Waals surface area contributed by atoms with Crippen LogP contribution in [0, 0.1) is 0 Å². The Morgan fingerprint density at radius 1 is 1.00 bits per heavy atom. The first-order valence-electron chi connectivity index (χ1n) is 8.07. The summed E-state index contributed by atoms with van der Waals surface area (Å²) in [6, 6.07) is 0.454. The summed E-state index contributed by atoms with van der Waals surface area (Å²) in [5.41, 5.74) is 0. The van der Waals surface area contributed by atoms with Gasteiger partial charge in [-0.2, -0.15) is 13.2 Å². The van der Waals surface area contributed by atoms with Gasteiger partial charge < -0.3 is 5.32 Å². The molecule has 0 amide bonds. The van der Waals surface area contributed by atoms with E-state index in [1.54, 1.807) is 4.90 Å². The zero-order valence-electron chi connectivity index (χ0n) is 12.4. The molecule has 0 aromatic rings. The minimum absolute atomic E-state index is 0.0596. The Balaban J connectivity index is 2.07. The van der Waals surface area contributed by atoms with Crippen LogP contribution in [0.1, 0.15) is 58.3 Å². The molecule has 2 atom stereocenters. The van der Waals surface area contributed by atoms with Gasteiger partial charge in [0.05, 0.1) is 6.54 Å². The van der Waals surface area contributed by atoms with Crippen molar-refractivity contribution in [2.75, 3.05) is 13.1 Å². The number of nitrogens with one attached hydrogen (secondary N) is 1. The van der Waals surface area contributed by atoms with E-state index in [1.807, 2.05) is 6.92 Å². The van der Waals surface area contributed by atoms with Crippen molar-refractivity contribution in [3.8, 4) is 0 Å². The van der Waals surface area contributed by atoms with Gasteiger partial charge in [-0.15, -0.1) is 0 Å².